The van der Waals surface area contributed by atoms with E-state index in [9.17, 15) is 9.59 Å². The first kappa shape index (κ1) is 21.8. The highest BCUT2D eigenvalue weighted by atomic mass is 35.5. The summed E-state index contributed by atoms with van der Waals surface area (Å²) in [4.78, 5) is 31.3. The van der Waals surface area contributed by atoms with Crippen molar-refractivity contribution in [2.24, 2.45) is 0 Å². The lowest BCUT2D eigenvalue weighted by atomic mass is 9.90. The molecule has 0 unspecified atom stereocenters. The summed E-state index contributed by atoms with van der Waals surface area (Å²) in [5.41, 5.74) is 3.25. The molecule has 2 aromatic heterocycles. The number of fused-ring (bicyclic) bond motifs is 2. The highest BCUT2D eigenvalue weighted by Gasteiger charge is 2.34. The van der Waals surface area contributed by atoms with Crippen LogP contribution in [0.2, 0.25) is 10.0 Å². The molecular formula is C27H20Cl2N2O2S. The van der Waals surface area contributed by atoms with Crippen molar-refractivity contribution >= 4 is 62.5 Å². The standard InChI is InChI=1S/C27H20Cl2N2O2S/c28-21-13-18-19(14-22(21)29)25(33)20(24(18)32)11-17-12-23-26(31(17)16-9-5-2-6-10-16)30-27(34-23)15-7-3-1-4-8-15/h2,5-6,9-15H,1,3-4,7-8H2. The SMILES string of the molecule is O=C1C(=Cc2cc3sc(C4CCCCC4)nc3n2-c2ccccc2)C(=O)c2cc(Cl)c(Cl)cc21. The summed E-state index contributed by atoms with van der Waals surface area (Å²) >= 11 is 13.9. The second kappa shape index (κ2) is 8.49. The van der Waals surface area contributed by atoms with Gasteiger partial charge in [-0.3, -0.25) is 14.2 Å². The number of rotatable bonds is 3. The van der Waals surface area contributed by atoms with Crippen LogP contribution in [-0.4, -0.2) is 21.1 Å². The predicted molar refractivity (Wildman–Crippen MR) is 138 cm³/mol. The number of ketones is 2. The Morgan fingerprint density at radius 3 is 2.21 bits per heavy atom. The quantitative estimate of drug-likeness (QED) is 0.209. The van der Waals surface area contributed by atoms with Gasteiger partial charge < -0.3 is 0 Å². The van der Waals surface area contributed by atoms with Gasteiger partial charge in [-0.15, -0.1) is 11.3 Å². The van der Waals surface area contributed by atoms with Crippen LogP contribution >= 0.6 is 34.5 Å². The molecule has 0 N–H and O–H groups in total. The summed E-state index contributed by atoms with van der Waals surface area (Å²) in [7, 11) is 0. The number of thiazole rings is 1. The Hall–Kier alpha value is -2.73. The molecule has 170 valence electrons. The molecule has 4 nitrogen and oxygen atoms in total. The first-order valence-electron chi connectivity index (χ1n) is 11.4. The van der Waals surface area contributed by atoms with E-state index in [1.54, 1.807) is 17.4 Å². The normalized spacial score (nSPS) is 16.5. The summed E-state index contributed by atoms with van der Waals surface area (Å²) in [5, 5.41) is 1.70. The smallest absolute Gasteiger partial charge is 0.197 e. The van der Waals surface area contributed by atoms with E-state index in [-0.39, 0.29) is 27.2 Å². The van der Waals surface area contributed by atoms with Crippen molar-refractivity contribution in [3.63, 3.8) is 0 Å². The Balaban J connectivity index is 1.49. The summed E-state index contributed by atoms with van der Waals surface area (Å²) in [6.07, 6.45) is 7.85. The van der Waals surface area contributed by atoms with Gasteiger partial charge in [-0.05, 0) is 49.2 Å². The third kappa shape index (κ3) is 3.54. The van der Waals surface area contributed by atoms with Crippen molar-refractivity contribution in [1.29, 1.82) is 0 Å². The molecule has 0 atom stereocenters. The van der Waals surface area contributed by atoms with E-state index in [1.165, 1.54) is 49.2 Å². The molecule has 34 heavy (non-hydrogen) atoms. The Morgan fingerprint density at radius 2 is 1.56 bits per heavy atom. The number of hydrogen-bond acceptors (Lipinski definition) is 4. The number of carbonyl (C=O) groups is 2. The minimum atomic E-state index is -0.335. The van der Waals surface area contributed by atoms with Gasteiger partial charge in [-0.1, -0.05) is 60.7 Å². The van der Waals surface area contributed by atoms with Crippen molar-refractivity contribution in [3.05, 3.63) is 86.0 Å². The van der Waals surface area contributed by atoms with Gasteiger partial charge in [0, 0.05) is 22.7 Å². The molecule has 2 aromatic carbocycles. The first-order chi connectivity index (χ1) is 16.5. The molecular weight excluding hydrogens is 487 g/mol. The van der Waals surface area contributed by atoms with Gasteiger partial charge in [0.1, 0.15) is 0 Å². The Labute approximate surface area is 210 Å². The summed E-state index contributed by atoms with van der Waals surface area (Å²) in [6, 6.07) is 14.9. The van der Waals surface area contributed by atoms with E-state index in [0.29, 0.717) is 17.0 Å². The van der Waals surface area contributed by atoms with Crippen LogP contribution in [0.1, 0.15) is 69.4 Å². The number of Topliss-reactive ketones (excluding diaryl/α,β-unsaturated/α-hetero) is 2. The van der Waals surface area contributed by atoms with Gasteiger partial charge in [-0.2, -0.15) is 0 Å². The third-order valence-corrected chi connectivity index (χ3v) is 8.58. The highest BCUT2D eigenvalue weighted by molar-refractivity contribution is 7.18. The van der Waals surface area contributed by atoms with Gasteiger partial charge in [0.15, 0.2) is 17.2 Å². The van der Waals surface area contributed by atoms with Crippen LogP contribution in [0.15, 0.2) is 54.1 Å². The van der Waals surface area contributed by atoms with E-state index < -0.39 is 0 Å². The van der Waals surface area contributed by atoms with Crippen LogP contribution in [0.5, 0.6) is 0 Å². The summed E-state index contributed by atoms with van der Waals surface area (Å²) < 4.78 is 3.09. The average Bonchev–Trinajstić information content (AvgIpc) is 3.47. The van der Waals surface area contributed by atoms with Gasteiger partial charge >= 0.3 is 0 Å². The van der Waals surface area contributed by atoms with Crippen molar-refractivity contribution in [2.45, 2.75) is 38.0 Å². The fraction of sp³-hybridized carbons (Fsp3) is 0.222. The molecule has 6 rings (SSSR count). The van der Waals surface area contributed by atoms with Crippen molar-refractivity contribution in [1.82, 2.24) is 9.55 Å². The molecule has 0 radical (unpaired) electrons. The number of halogens is 2. The van der Waals surface area contributed by atoms with E-state index >= 15 is 0 Å². The molecule has 0 aliphatic heterocycles. The molecule has 0 bridgehead atoms. The van der Waals surface area contributed by atoms with E-state index in [1.807, 2.05) is 41.0 Å². The van der Waals surface area contributed by atoms with Crippen molar-refractivity contribution in [3.8, 4) is 5.69 Å². The van der Waals surface area contributed by atoms with Crippen molar-refractivity contribution in [2.75, 3.05) is 0 Å². The zero-order valence-corrected chi connectivity index (χ0v) is 20.5. The number of carbonyl (C=O) groups excluding carboxylic acids is 2. The Morgan fingerprint density at radius 1 is 0.912 bits per heavy atom. The number of aromatic nitrogens is 2. The van der Waals surface area contributed by atoms with Crippen LogP contribution in [0, 0.1) is 0 Å². The van der Waals surface area contributed by atoms with Crippen LogP contribution in [0.4, 0.5) is 0 Å². The zero-order valence-electron chi connectivity index (χ0n) is 18.2. The topological polar surface area (TPSA) is 52.0 Å². The van der Waals surface area contributed by atoms with Crippen LogP contribution in [0.25, 0.3) is 22.1 Å². The minimum absolute atomic E-state index is 0.114. The van der Waals surface area contributed by atoms with Gasteiger partial charge in [-0.25, -0.2) is 4.98 Å². The lowest BCUT2D eigenvalue weighted by Crippen LogP contribution is -2.05. The molecule has 2 aliphatic rings. The molecule has 2 aliphatic carbocycles. The molecule has 4 aromatic rings. The van der Waals surface area contributed by atoms with E-state index in [2.05, 4.69) is 0 Å². The first-order valence-corrected chi connectivity index (χ1v) is 13.0. The molecule has 2 heterocycles. The van der Waals surface area contributed by atoms with E-state index in [4.69, 9.17) is 28.2 Å². The summed E-state index contributed by atoms with van der Waals surface area (Å²) in [5.74, 6) is -0.156. The lowest BCUT2D eigenvalue weighted by molar-refractivity contribution is 0.0990. The fourth-order valence-corrected chi connectivity index (χ4v) is 6.48. The third-order valence-electron chi connectivity index (χ3n) is 6.70. The molecule has 0 saturated heterocycles. The molecule has 1 fully saturated rings. The number of hydrogen-bond donors (Lipinski definition) is 0. The van der Waals surface area contributed by atoms with Crippen LogP contribution in [-0.2, 0) is 0 Å². The second-order valence-corrected chi connectivity index (χ2v) is 10.7. The Bertz CT molecular complexity index is 1450. The van der Waals surface area contributed by atoms with Gasteiger partial charge in [0.05, 0.1) is 31.0 Å². The Kier molecular flexibility index (Phi) is 5.44. The second-order valence-electron chi connectivity index (χ2n) is 8.84. The highest BCUT2D eigenvalue weighted by Crippen LogP contribution is 2.40. The summed E-state index contributed by atoms with van der Waals surface area (Å²) in [6.45, 7) is 0. The largest absolute Gasteiger partial charge is 0.294 e. The maximum Gasteiger partial charge on any atom is 0.197 e. The number of benzene rings is 2. The lowest BCUT2D eigenvalue weighted by Gasteiger charge is -2.19. The minimum Gasteiger partial charge on any atom is -0.294 e. The predicted octanol–water partition coefficient (Wildman–Crippen LogP) is 7.90. The monoisotopic (exact) mass is 506 g/mol. The maximum absolute atomic E-state index is 13.1. The fourth-order valence-electron chi connectivity index (χ4n) is 4.99. The van der Waals surface area contributed by atoms with Gasteiger partial charge in [0.25, 0.3) is 0 Å². The molecule has 0 amide bonds. The van der Waals surface area contributed by atoms with Crippen LogP contribution < -0.4 is 0 Å². The van der Waals surface area contributed by atoms with Gasteiger partial charge in [0.2, 0.25) is 0 Å². The molecule has 7 heteroatoms. The number of allylic oxidation sites excluding steroid dienone is 1. The molecule has 0 spiro atoms. The number of para-hydroxylation sites is 1. The van der Waals surface area contributed by atoms with Crippen LogP contribution in [0.3, 0.4) is 0 Å². The molecule has 1 saturated carbocycles. The average molecular weight is 507 g/mol. The maximum atomic E-state index is 13.1. The van der Waals surface area contributed by atoms with E-state index in [0.717, 1.165) is 21.7 Å². The van der Waals surface area contributed by atoms with Crippen molar-refractivity contribution < 1.29 is 9.59 Å². The zero-order chi connectivity index (χ0) is 23.4. The number of nitrogens with zero attached hydrogens (tertiary/aromatic N) is 2.